The molecule has 0 bridgehead atoms. The summed E-state index contributed by atoms with van der Waals surface area (Å²) in [5.41, 5.74) is 2.59. The highest BCUT2D eigenvalue weighted by Gasteiger charge is 2.18. The fourth-order valence-electron chi connectivity index (χ4n) is 1.89. The first-order valence-corrected chi connectivity index (χ1v) is 5.77. The second-order valence-corrected chi connectivity index (χ2v) is 4.68. The van der Waals surface area contributed by atoms with Crippen LogP contribution in [0.2, 0.25) is 0 Å². The van der Waals surface area contributed by atoms with Crippen LogP contribution in [0.1, 0.15) is 0 Å². The van der Waals surface area contributed by atoms with Crippen LogP contribution in [-0.4, -0.2) is 7.98 Å². The normalized spacial score (nSPS) is 13.2. The topological polar surface area (TPSA) is 3.24 Å². The van der Waals surface area contributed by atoms with Gasteiger partial charge in [0.05, 0.1) is 0 Å². The van der Waals surface area contributed by atoms with Crippen molar-refractivity contribution in [2.75, 3.05) is 4.81 Å². The molecule has 0 spiro atoms. The molecule has 3 heteroatoms. The summed E-state index contributed by atoms with van der Waals surface area (Å²) in [7, 11) is 2.12. The Labute approximate surface area is 94.5 Å². The van der Waals surface area contributed by atoms with Crippen LogP contribution in [0.15, 0.2) is 58.3 Å². The van der Waals surface area contributed by atoms with E-state index in [2.05, 4.69) is 61.3 Å². The van der Waals surface area contributed by atoms with E-state index < -0.39 is 0 Å². The molecule has 1 heterocycles. The van der Waals surface area contributed by atoms with E-state index in [9.17, 15) is 0 Å². The van der Waals surface area contributed by atoms with Gasteiger partial charge in [0.25, 0.3) is 0 Å². The Hall–Kier alpha value is -1.35. The molecule has 3 rings (SSSR count). The third kappa shape index (κ3) is 1.35. The van der Waals surface area contributed by atoms with Gasteiger partial charge in [0.15, 0.2) is 0 Å². The zero-order valence-corrected chi connectivity index (χ0v) is 9.29. The maximum atomic E-state index is 2.25. The maximum absolute atomic E-state index is 2.25. The molecule has 0 saturated heterocycles. The number of hydrogen-bond donors (Lipinski definition) is 0. The van der Waals surface area contributed by atoms with Crippen molar-refractivity contribution in [3.8, 4) is 0 Å². The van der Waals surface area contributed by atoms with Gasteiger partial charge in [-0.15, -0.1) is 0 Å². The van der Waals surface area contributed by atoms with Crippen LogP contribution in [0.5, 0.6) is 0 Å². The number of anilines is 2. The predicted octanol–water partition coefficient (Wildman–Crippen LogP) is 2.84. The van der Waals surface area contributed by atoms with Gasteiger partial charge in [0, 0.05) is 21.2 Å². The quantitative estimate of drug-likeness (QED) is 0.616. The highest BCUT2D eigenvalue weighted by molar-refractivity contribution is 7.99. The number of rotatable bonds is 0. The fraction of sp³-hybridized carbons (Fsp3) is 0. The number of benzene rings is 2. The van der Waals surface area contributed by atoms with Crippen LogP contribution in [0.25, 0.3) is 0 Å². The Morgan fingerprint density at radius 2 is 1.27 bits per heavy atom. The smallest absolute Gasteiger partial charge is 0.223 e. The minimum Gasteiger partial charge on any atom is -0.392 e. The molecule has 2 aromatic carbocycles. The number of nitrogens with zero attached hydrogens (tertiary/aromatic N) is 1. The molecule has 15 heavy (non-hydrogen) atoms. The van der Waals surface area contributed by atoms with E-state index >= 15 is 0 Å². The minimum atomic E-state index is 1.29. The summed E-state index contributed by atoms with van der Waals surface area (Å²) >= 11 is 1.84. The minimum absolute atomic E-state index is 1.29. The van der Waals surface area contributed by atoms with E-state index in [1.54, 1.807) is 0 Å². The molecule has 72 valence electrons. The Kier molecular flexibility index (Phi) is 1.99. The van der Waals surface area contributed by atoms with Crippen LogP contribution in [0.3, 0.4) is 0 Å². The molecule has 0 fully saturated rings. The van der Waals surface area contributed by atoms with Gasteiger partial charge >= 0.3 is 0 Å². The van der Waals surface area contributed by atoms with Crippen molar-refractivity contribution in [2.24, 2.45) is 0 Å². The molecule has 0 atom stereocenters. The summed E-state index contributed by atoms with van der Waals surface area (Å²) in [6, 6.07) is 17.0. The van der Waals surface area contributed by atoms with Crippen molar-refractivity contribution in [3.63, 3.8) is 0 Å². The summed E-state index contributed by atoms with van der Waals surface area (Å²) in [5, 5.41) is 0. The third-order valence-corrected chi connectivity index (χ3v) is 3.80. The summed E-state index contributed by atoms with van der Waals surface area (Å²) in [4.78, 5) is 4.92. The molecule has 2 aromatic rings. The first-order valence-electron chi connectivity index (χ1n) is 4.96. The van der Waals surface area contributed by atoms with Gasteiger partial charge in [-0.05, 0) is 24.3 Å². The Morgan fingerprint density at radius 1 is 0.800 bits per heavy atom. The van der Waals surface area contributed by atoms with Crippen molar-refractivity contribution in [3.05, 3.63) is 48.5 Å². The molecule has 1 nitrogen and oxygen atoms in total. The lowest BCUT2D eigenvalue weighted by Gasteiger charge is -2.29. The average molecular weight is 211 g/mol. The molecule has 1 aliphatic heterocycles. The Bertz CT molecular complexity index is 467. The van der Waals surface area contributed by atoms with Gasteiger partial charge in [-0.2, -0.15) is 0 Å². The molecule has 0 radical (unpaired) electrons. The predicted molar refractivity (Wildman–Crippen MR) is 67.7 cm³/mol. The molecule has 0 saturated carbocycles. The lowest BCUT2D eigenvalue weighted by Crippen LogP contribution is -2.16. The van der Waals surface area contributed by atoms with Crippen molar-refractivity contribution in [1.82, 2.24) is 0 Å². The molecule has 0 unspecified atom stereocenters. The van der Waals surface area contributed by atoms with Crippen LogP contribution >= 0.6 is 11.8 Å². The summed E-state index contributed by atoms with van der Waals surface area (Å²) in [6.45, 7) is 0. The van der Waals surface area contributed by atoms with Crippen LogP contribution in [-0.2, 0) is 0 Å². The highest BCUT2D eigenvalue weighted by atomic mass is 32.2. The number of fused-ring (bicyclic) bond motifs is 2. The molecule has 1 aliphatic rings. The third-order valence-electron chi connectivity index (χ3n) is 2.67. The van der Waals surface area contributed by atoms with Gasteiger partial charge in [-0.3, -0.25) is 0 Å². The molecule has 0 aliphatic carbocycles. The van der Waals surface area contributed by atoms with Gasteiger partial charge in [-0.25, -0.2) is 0 Å². The summed E-state index contributed by atoms with van der Waals surface area (Å²) in [5.74, 6) is 0. The van der Waals surface area contributed by atoms with E-state index in [0.717, 1.165) is 0 Å². The average Bonchev–Trinajstić information content (AvgIpc) is 2.30. The Balaban J connectivity index is 2.20. The second-order valence-electron chi connectivity index (χ2n) is 3.60. The van der Waals surface area contributed by atoms with Crippen molar-refractivity contribution in [1.29, 1.82) is 0 Å². The zero-order chi connectivity index (χ0) is 10.3. The van der Waals surface area contributed by atoms with Gasteiger partial charge in [0.2, 0.25) is 7.98 Å². The van der Waals surface area contributed by atoms with E-state index in [4.69, 9.17) is 0 Å². The van der Waals surface area contributed by atoms with Crippen LogP contribution in [0, 0.1) is 0 Å². The first-order chi connectivity index (χ1) is 7.36. The van der Waals surface area contributed by atoms with Crippen LogP contribution in [0.4, 0.5) is 11.4 Å². The van der Waals surface area contributed by atoms with Crippen molar-refractivity contribution < 1.29 is 0 Å². The number of para-hydroxylation sites is 2. The summed E-state index contributed by atoms with van der Waals surface area (Å²) in [6.07, 6.45) is 0. The lowest BCUT2D eigenvalue weighted by molar-refractivity contribution is 1.24. The molecular formula is C12H10BNS. The van der Waals surface area contributed by atoms with Crippen molar-refractivity contribution >= 4 is 31.1 Å². The molecule has 0 aromatic heterocycles. The van der Waals surface area contributed by atoms with E-state index in [0.29, 0.717) is 0 Å². The standard InChI is InChI=1S/C12H10BNS/c13-14-9-5-1-3-7-11(9)15-12-8-4-2-6-10(12)14/h1-8H,13H2. The largest absolute Gasteiger partial charge is 0.392 e. The lowest BCUT2D eigenvalue weighted by atomic mass is 10.1. The highest BCUT2D eigenvalue weighted by Crippen LogP contribution is 2.46. The van der Waals surface area contributed by atoms with Gasteiger partial charge < -0.3 is 4.81 Å². The van der Waals surface area contributed by atoms with Crippen molar-refractivity contribution in [2.45, 2.75) is 9.79 Å². The van der Waals surface area contributed by atoms with E-state index in [1.807, 2.05) is 11.8 Å². The first kappa shape index (κ1) is 8.92. The Morgan fingerprint density at radius 3 is 1.80 bits per heavy atom. The van der Waals surface area contributed by atoms with E-state index in [-0.39, 0.29) is 0 Å². The van der Waals surface area contributed by atoms with Gasteiger partial charge in [0.1, 0.15) is 0 Å². The molecule has 0 N–H and O–H groups in total. The monoisotopic (exact) mass is 211 g/mol. The fourth-order valence-corrected chi connectivity index (χ4v) is 3.04. The molecule has 0 amide bonds. The molecular weight excluding hydrogens is 201 g/mol. The number of hydrogen-bond acceptors (Lipinski definition) is 2. The summed E-state index contributed by atoms with van der Waals surface area (Å²) < 4.78 is 0. The van der Waals surface area contributed by atoms with E-state index in [1.165, 1.54) is 21.2 Å². The second kappa shape index (κ2) is 3.35. The zero-order valence-electron chi connectivity index (χ0n) is 8.47. The van der Waals surface area contributed by atoms with Crippen LogP contribution < -0.4 is 4.81 Å². The SMILES string of the molecule is BN1c2ccccc2Sc2ccccc21. The maximum Gasteiger partial charge on any atom is 0.223 e. The van der Waals surface area contributed by atoms with Gasteiger partial charge in [-0.1, -0.05) is 36.0 Å².